The smallest absolute Gasteiger partial charge is 0.306 e. The Balaban J connectivity index is 1.51. The van der Waals surface area contributed by atoms with E-state index in [0.717, 1.165) is 17.3 Å². The van der Waals surface area contributed by atoms with Gasteiger partial charge in [0.25, 0.3) is 5.56 Å². The van der Waals surface area contributed by atoms with E-state index in [9.17, 15) is 18.0 Å². The van der Waals surface area contributed by atoms with E-state index in [4.69, 9.17) is 0 Å². The molecule has 0 aliphatic carbocycles. The van der Waals surface area contributed by atoms with Crippen LogP contribution in [0, 0.1) is 0 Å². The van der Waals surface area contributed by atoms with E-state index in [2.05, 4.69) is 15.0 Å². The molecule has 1 N–H and O–H groups in total. The standard InChI is InChI=1S/C20H17F3N4O/c21-20(22,23)17-7-6-13(10-24-17)11-27-9-8-16-15(12-27)19(28)26-18(25-16)14-4-2-1-3-5-14/h1-7,10H,8-9,11-12H2,(H,25,26,28). The lowest BCUT2D eigenvalue weighted by molar-refractivity contribution is -0.141. The molecule has 0 spiro atoms. The van der Waals surface area contributed by atoms with Gasteiger partial charge < -0.3 is 4.98 Å². The van der Waals surface area contributed by atoms with Crippen LogP contribution in [0.15, 0.2) is 53.5 Å². The summed E-state index contributed by atoms with van der Waals surface area (Å²) < 4.78 is 37.9. The average molecular weight is 386 g/mol. The van der Waals surface area contributed by atoms with Gasteiger partial charge in [0.15, 0.2) is 0 Å². The second-order valence-corrected chi connectivity index (χ2v) is 6.72. The molecule has 28 heavy (non-hydrogen) atoms. The number of H-pyrrole nitrogens is 1. The number of hydrogen-bond acceptors (Lipinski definition) is 4. The van der Waals surface area contributed by atoms with Crippen molar-refractivity contribution in [1.82, 2.24) is 19.9 Å². The number of nitrogens with zero attached hydrogens (tertiary/aromatic N) is 3. The number of aromatic amines is 1. The largest absolute Gasteiger partial charge is 0.433 e. The van der Waals surface area contributed by atoms with Gasteiger partial charge in [-0.05, 0) is 11.6 Å². The number of benzene rings is 1. The van der Waals surface area contributed by atoms with E-state index in [0.29, 0.717) is 43.0 Å². The molecule has 2 aromatic heterocycles. The van der Waals surface area contributed by atoms with E-state index in [1.807, 2.05) is 35.2 Å². The summed E-state index contributed by atoms with van der Waals surface area (Å²) in [5, 5.41) is 0. The second-order valence-electron chi connectivity index (χ2n) is 6.72. The Morgan fingerprint density at radius 3 is 2.57 bits per heavy atom. The molecule has 8 heteroatoms. The Kier molecular flexibility index (Phi) is 4.72. The summed E-state index contributed by atoms with van der Waals surface area (Å²) in [5.74, 6) is 0.546. The van der Waals surface area contributed by atoms with Crippen LogP contribution in [-0.2, 0) is 25.7 Å². The molecule has 3 heterocycles. The third-order valence-electron chi connectivity index (χ3n) is 4.72. The first-order chi connectivity index (χ1) is 13.4. The summed E-state index contributed by atoms with van der Waals surface area (Å²) in [6.07, 6.45) is -2.61. The Labute approximate surface area is 158 Å². The third-order valence-corrected chi connectivity index (χ3v) is 4.72. The fourth-order valence-electron chi connectivity index (χ4n) is 3.29. The first-order valence-corrected chi connectivity index (χ1v) is 8.82. The molecule has 1 aliphatic heterocycles. The van der Waals surface area contributed by atoms with Crippen LogP contribution in [0.3, 0.4) is 0 Å². The zero-order valence-corrected chi connectivity index (χ0v) is 14.8. The summed E-state index contributed by atoms with van der Waals surface area (Å²) in [7, 11) is 0. The Morgan fingerprint density at radius 1 is 1.11 bits per heavy atom. The molecule has 3 aromatic rings. The van der Waals surface area contributed by atoms with Gasteiger partial charge in [-0.25, -0.2) is 4.98 Å². The second kappa shape index (κ2) is 7.20. The molecular weight excluding hydrogens is 369 g/mol. The summed E-state index contributed by atoms with van der Waals surface area (Å²) in [5.41, 5.74) is 1.80. The van der Waals surface area contributed by atoms with Crippen molar-refractivity contribution in [3.8, 4) is 11.4 Å². The van der Waals surface area contributed by atoms with Crippen molar-refractivity contribution in [2.24, 2.45) is 0 Å². The lowest BCUT2D eigenvalue weighted by Gasteiger charge is -2.27. The van der Waals surface area contributed by atoms with Crippen molar-refractivity contribution in [2.45, 2.75) is 25.7 Å². The van der Waals surface area contributed by atoms with Crippen LogP contribution in [0.4, 0.5) is 13.2 Å². The number of fused-ring (bicyclic) bond motifs is 1. The van der Waals surface area contributed by atoms with Gasteiger partial charge in [-0.15, -0.1) is 0 Å². The van der Waals surface area contributed by atoms with E-state index in [-0.39, 0.29) is 5.56 Å². The minimum absolute atomic E-state index is 0.181. The molecule has 0 saturated carbocycles. The van der Waals surface area contributed by atoms with E-state index >= 15 is 0 Å². The molecule has 0 fully saturated rings. The van der Waals surface area contributed by atoms with Crippen molar-refractivity contribution in [1.29, 1.82) is 0 Å². The van der Waals surface area contributed by atoms with E-state index < -0.39 is 11.9 Å². The highest BCUT2D eigenvalue weighted by atomic mass is 19.4. The minimum atomic E-state index is -4.45. The van der Waals surface area contributed by atoms with Crippen molar-refractivity contribution < 1.29 is 13.2 Å². The summed E-state index contributed by atoms with van der Waals surface area (Å²) in [6, 6.07) is 11.8. The van der Waals surface area contributed by atoms with Gasteiger partial charge in [-0.2, -0.15) is 13.2 Å². The normalized spacial score (nSPS) is 14.7. The van der Waals surface area contributed by atoms with Crippen LogP contribution in [-0.4, -0.2) is 26.4 Å². The van der Waals surface area contributed by atoms with Crippen molar-refractivity contribution in [3.05, 3.63) is 81.5 Å². The van der Waals surface area contributed by atoms with Gasteiger partial charge in [0, 0.05) is 37.8 Å². The molecule has 0 atom stereocenters. The van der Waals surface area contributed by atoms with Crippen molar-refractivity contribution >= 4 is 0 Å². The number of halogens is 3. The maximum Gasteiger partial charge on any atom is 0.433 e. The molecule has 0 saturated heterocycles. The molecule has 0 amide bonds. The van der Waals surface area contributed by atoms with Crippen LogP contribution >= 0.6 is 0 Å². The highest BCUT2D eigenvalue weighted by Gasteiger charge is 2.32. The number of hydrogen-bond donors (Lipinski definition) is 1. The van der Waals surface area contributed by atoms with Crippen LogP contribution < -0.4 is 5.56 Å². The van der Waals surface area contributed by atoms with E-state index in [1.165, 1.54) is 12.3 Å². The fraction of sp³-hybridized carbons (Fsp3) is 0.250. The van der Waals surface area contributed by atoms with Gasteiger partial charge in [-0.3, -0.25) is 14.7 Å². The number of aromatic nitrogens is 3. The maximum absolute atomic E-state index is 12.6. The topological polar surface area (TPSA) is 61.9 Å². The first-order valence-electron chi connectivity index (χ1n) is 8.82. The van der Waals surface area contributed by atoms with Crippen LogP contribution in [0.5, 0.6) is 0 Å². The van der Waals surface area contributed by atoms with Gasteiger partial charge in [-0.1, -0.05) is 36.4 Å². The molecule has 0 bridgehead atoms. The number of nitrogens with one attached hydrogen (secondary N) is 1. The molecule has 1 aliphatic rings. The minimum Gasteiger partial charge on any atom is -0.306 e. The van der Waals surface area contributed by atoms with Gasteiger partial charge in [0.1, 0.15) is 11.5 Å². The summed E-state index contributed by atoms with van der Waals surface area (Å²) >= 11 is 0. The fourth-order valence-corrected chi connectivity index (χ4v) is 3.29. The van der Waals surface area contributed by atoms with Crippen LogP contribution in [0.1, 0.15) is 22.5 Å². The Bertz CT molecular complexity index is 1030. The Morgan fingerprint density at radius 2 is 1.89 bits per heavy atom. The quantitative estimate of drug-likeness (QED) is 0.749. The molecular formula is C20H17F3N4O. The van der Waals surface area contributed by atoms with Gasteiger partial charge >= 0.3 is 6.18 Å². The average Bonchev–Trinajstić information content (AvgIpc) is 2.69. The van der Waals surface area contributed by atoms with Crippen molar-refractivity contribution in [3.63, 3.8) is 0 Å². The number of rotatable bonds is 3. The highest BCUT2D eigenvalue weighted by Crippen LogP contribution is 2.27. The Hall–Kier alpha value is -3.00. The highest BCUT2D eigenvalue weighted by molar-refractivity contribution is 5.54. The molecule has 144 valence electrons. The lowest BCUT2D eigenvalue weighted by Crippen LogP contribution is -2.35. The molecule has 4 rings (SSSR count). The first kappa shape index (κ1) is 18.4. The lowest BCUT2D eigenvalue weighted by atomic mass is 10.1. The molecule has 0 unspecified atom stereocenters. The molecule has 5 nitrogen and oxygen atoms in total. The van der Waals surface area contributed by atoms with Crippen molar-refractivity contribution in [2.75, 3.05) is 6.54 Å². The number of alkyl halides is 3. The maximum atomic E-state index is 12.6. The van der Waals surface area contributed by atoms with Gasteiger partial charge in [0.05, 0.1) is 11.3 Å². The van der Waals surface area contributed by atoms with Crippen LogP contribution in [0.25, 0.3) is 11.4 Å². The molecule has 0 radical (unpaired) electrons. The predicted octanol–water partition coefficient (Wildman–Crippen LogP) is 3.41. The van der Waals surface area contributed by atoms with Crippen LogP contribution in [0.2, 0.25) is 0 Å². The zero-order chi connectivity index (χ0) is 19.7. The van der Waals surface area contributed by atoms with E-state index in [1.54, 1.807) is 0 Å². The molecule has 1 aromatic carbocycles. The van der Waals surface area contributed by atoms with Gasteiger partial charge in [0.2, 0.25) is 0 Å². The SMILES string of the molecule is O=c1[nH]c(-c2ccccc2)nc2c1CN(Cc1ccc(C(F)(F)F)nc1)CC2. The summed E-state index contributed by atoms with van der Waals surface area (Å²) in [4.78, 5) is 25.5. The predicted molar refractivity (Wildman–Crippen MR) is 97.4 cm³/mol. The zero-order valence-electron chi connectivity index (χ0n) is 14.8. The third kappa shape index (κ3) is 3.82. The summed E-state index contributed by atoms with van der Waals surface area (Å²) in [6.45, 7) is 1.48. The monoisotopic (exact) mass is 386 g/mol. The number of pyridine rings is 1.